The van der Waals surface area contributed by atoms with Gasteiger partial charge in [0.2, 0.25) is 11.8 Å². The van der Waals surface area contributed by atoms with Crippen LogP contribution >= 0.6 is 0 Å². The molecule has 1 aromatic heterocycles. The molecule has 2 saturated heterocycles. The standard InChI is InChI=1S/C53H66N10O12/c1-59(19-20-61(52(55)68)17-6-16-54)48-42-15-18-62(45-10-5-8-36-7-3-4-9-40(36)45)34-44(42)56-53(58-48)75-35-37-31-39(33-60(37)2)74-30-28-72-26-24-70-22-21-69-23-25-71-27-29-73-38-11-12-41-43(32-38)51(67)63(50(41)66)46-13-14-47(64)57-49(46)65/h3-5,7-12,32,37,39,46H,6,13-15,17-31,33-35H2,1-2H3,(H2,55,68)(H,57,64,65)/t37-,39+,46?/m0/s1. The first kappa shape index (κ1) is 54.3. The van der Waals surface area contributed by atoms with Gasteiger partial charge in [0.1, 0.15) is 30.8 Å². The number of primary amides is 1. The van der Waals surface area contributed by atoms with E-state index in [0.717, 1.165) is 53.6 Å². The van der Waals surface area contributed by atoms with E-state index in [0.29, 0.717) is 90.9 Å². The molecule has 0 bridgehead atoms. The highest BCUT2D eigenvalue weighted by atomic mass is 16.6. The van der Waals surface area contributed by atoms with Gasteiger partial charge >= 0.3 is 12.0 Å². The van der Waals surface area contributed by atoms with Crippen molar-refractivity contribution in [3.63, 3.8) is 0 Å². The summed E-state index contributed by atoms with van der Waals surface area (Å²) in [6.45, 7) is 7.22. The van der Waals surface area contributed by atoms with E-state index in [1.54, 1.807) is 6.07 Å². The number of anilines is 2. The second-order valence-electron chi connectivity index (χ2n) is 18.7. The highest BCUT2D eigenvalue weighted by Crippen LogP contribution is 2.35. The Balaban J connectivity index is 0.690. The molecule has 22 nitrogen and oxygen atoms in total. The number of carbonyl (C=O) groups excluding carboxylic acids is 5. The number of ether oxygens (including phenoxy) is 7. The fourth-order valence-electron chi connectivity index (χ4n) is 9.66. The Morgan fingerprint density at radius 1 is 0.827 bits per heavy atom. The Labute approximate surface area is 435 Å². The fourth-order valence-corrected chi connectivity index (χ4v) is 9.66. The topological polar surface area (TPSA) is 254 Å². The third-order valence-electron chi connectivity index (χ3n) is 13.7. The number of aromatic nitrogens is 2. The van der Waals surface area contributed by atoms with Crippen molar-refractivity contribution in [3.8, 4) is 17.8 Å². The van der Waals surface area contributed by atoms with Gasteiger partial charge in [0.25, 0.3) is 11.8 Å². The van der Waals surface area contributed by atoms with Crippen LogP contribution in [-0.4, -0.2) is 192 Å². The lowest BCUT2D eigenvalue weighted by Crippen LogP contribution is -2.54. The van der Waals surface area contributed by atoms with Crippen LogP contribution in [0.25, 0.3) is 10.8 Å². The van der Waals surface area contributed by atoms with Crippen LogP contribution < -0.4 is 30.3 Å². The Kier molecular flexibility index (Phi) is 19.2. The quantitative estimate of drug-likeness (QED) is 0.0613. The predicted octanol–water partition coefficient (Wildman–Crippen LogP) is 2.94. The van der Waals surface area contributed by atoms with Crippen molar-refractivity contribution in [2.75, 3.05) is 129 Å². The number of rotatable bonds is 28. The average molecular weight is 1040 g/mol. The molecule has 8 rings (SSSR count). The van der Waals surface area contributed by atoms with Crippen molar-refractivity contribution in [2.24, 2.45) is 5.73 Å². The Morgan fingerprint density at radius 2 is 1.53 bits per heavy atom. The summed E-state index contributed by atoms with van der Waals surface area (Å²) in [5, 5.41) is 13.6. The minimum Gasteiger partial charge on any atom is -0.491 e. The number of urea groups is 1. The van der Waals surface area contributed by atoms with Crippen LogP contribution in [0.3, 0.4) is 0 Å². The van der Waals surface area contributed by atoms with Gasteiger partial charge in [0.05, 0.1) is 101 Å². The van der Waals surface area contributed by atoms with Crippen molar-refractivity contribution in [2.45, 2.75) is 56.8 Å². The molecule has 3 aromatic carbocycles. The molecule has 4 aliphatic rings. The zero-order valence-corrected chi connectivity index (χ0v) is 42.6. The number of nitriles is 1. The molecule has 6 amide bonds. The predicted molar refractivity (Wildman–Crippen MR) is 274 cm³/mol. The van der Waals surface area contributed by atoms with Crippen molar-refractivity contribution in [3.05, 3.63) is 83.0 Å². The van der Waals surface area contributed by atoms with Crippen LogP contribution in [0.1, 0.15) is 57.7 Å². The lowest BCUT2D eigenvalue weighted by Gasteiger charge is -2.33. The number of nitrogens with one attached hydrogen (secondary N) is 1. The Bertz CT molecular complexity index is 2700. The van der Waals surface area contributed by atoms with Crippen molar-refractivity contribution >= 4 is 51.9 Å². The third-order valence-corrected chi connectivity index (χ3v) is 13.7. The number of amides is 6. The molecule has 0 saturated carbocycles. The van der Waals surface area contributed by atoms with Crippen molar-refractivity contribution < 1.29 is 57.1 Å². The summed E-state index contributed by atoms with van der Waals surface area (Å²) in [6, 6.07) is 20.2. The molecule has 0 spiro atoms. The van der Waals surface area contributed by atoms with Crippen LogP contribution in [0.15, 0.2) is 60.7 Å². The summed E-state index contributed by atoms with van der Waals surface area (Å²) in [7, 11) is 4.00. The van der Waals surface area contributed by atoms with E-state index in [4.69, 9.17) is 54.1 Å². The molecule has 4 aliphatic heterocycles. The number of piperidine rings is 1. The number of hydrogen-bond acceptors (Lipinski definition) is 18. The smallest absolute Gasteiger partial charge is 0.318 e. The van der Waals surface area contributed by atoms with Crippen LogP contribution in [0.4, 0.5) is 16.3 Å². The summed E-state index contributed by atoms with van der Waals surface area (Å²) in [4.78, 5) is 80.8. The van der Waals surface area contributed by atoms with Gasteiger partial charge < -0.3 is 53.6 Å². The van der Waals surface area contributed by atoms with Crippen LogP contribution in [0, 0.1) is 11.3 Å². The molecule has 22 heteroatoms. The number of fused-ring (bicyclic) bond motifs is 3. The number of likely N-dealkylation sites (tertiary alicyclic amines) is 1. The zero-order valence-electron chi connectivity index (χ0n) is 42.6. The van der Waals surface area contributed by atoms with E-state index in [1.807, 2.05) is 18.0 Å². The fraction of sp³-hybridized carbons (Fsp3) is 0.509. The number of imide groups is 2. The highest BCUT2D eigenvalue weighted by Gasteiger charge is 2.45. The van der Waals surface area contributed by atoms with Crippen molar-refractivity contribution in [1.29, 1.82) is 5.26 Å². The first-order chi connectivity index (χ1) is 36.5. The summed E-state index contributed by atoms with van der Waals surface area (Å²) in [6.07, 6.45) is 1.84. The molecule has 75 heavy (non-hydrogen) atoms. The third kappa shape index (κ3) is 14.0. The first-order valence-corrected chi connectivity index (χ1v) is 25.5. The minimum absolute atomic E-state index is 0.0121. The van der Waals surface area contributed by atoms with Gasteiger partial charge in [-0.3, -0.25) is 34.3 Å². The van der Waals surface area contributed by atoms with E-state index in [-0.39, 0.29) is 62.3 Å². The normalized spacial score (nSPS) is 18.5. The van der Waals surface area contributed by atoms with Crippen molar-refractivity contribution in [1.82, 2.24) is 30.0 Å². The number of carbonyl (C=O) groups is 5. The van der Waals surface area contributed by atoms with E-state index in [1.165, 1.54) is 27.8 Å². The molecule has 5 heterocycles. The summed E-state index contributed by atoms with van der Waals surface area (Å²) in [5.41, 5.74) is 9.05. The van der Waals surface area contributed by atoms with Gasteiger partial charge in [-0.25, -0.2) is 4.79 Å². The van der Waals surface area contributed by atoms with E-state index >= 15 is 0 Å². The monoisotopic (exact) mass is 1030 g/mol. The zero-order chi connectivity index (χ0) is 52.7. The largest absolute Gasteiger partial charge is 0.491 e. The molecule has 3 N–H and O–H groups in total. The van der Waals surface area contributed by atoms with Crippen LogP contribution in [0.2, 0.25) is 0 Å². The maximum absolute atomic E-state index is 13.0. The molecule has 400 valence electrons. The summed E-state index contributed by atoms with van der Waals surface area (Å²) in [5.74, 6) is -1.12. The lowest BCUT2D eigenvalue weighted by atomic mass is 10.0. The van der Waals surface area contributed by atoms with Gasteiger partial charge in [-0.05, 0) is 56.0 Å². The van der Waals surface area contributed by atoms with Gasteiger partial charge in [0.15, 0.2) is 0 Å². The summed E-state index contributed by atoms with van der Waals surface area (Å²) >= 11 is 0. The Morgan fingerprint density at radius 3 is 2.27 bits per heavy atom. The number of nitrogens with zero attached hydrogens (tertiary/aromatic N) is 8. The molecule has 2 fully saturated rings. The Hall–Kier alpha value is -7.00. The molecule has 1 unspecified atom stereocenters. The van der Waals surface area contributed by atoms with Gasteiger partial charge in [-0.1, -0.05) is 36.4 Å². The van der Waals surface area contributed by atoms with Gasteiger partial charge in [-0.15, -0.1) is 0 Å². The van der Waals surface area contributed by atoms with Gasteiger partial charge in [0, 0.05) is 68.9 Å². The maximum Gasteiger partial charge on any atom is 0.318 e. The first-order valence-electron chi connectivity index (χ1n) is 25.5. The highest BCUT2D eigenvalue weighted by molar-refractivity contribution is 6.23. The molecular weight excluding hydrogens is 969 g/mol. The van der Waals surface area contributed by atoms with E-state index < -0.39 is 35.7 Å². The maximum atomic E-state index is 13.0. The molecule has 3 atom stereocenters. The number of nitrogens with two attached hydrogens (primary N) is 1. The number of likely N-dealkylation sites (N-methyl/N-ethyl adjacent to an activating group) is 2. The van der Waals surface area contributed by atoms with Crippen LogP contribution in [0.5, 0.6) is 11.8 Å². The second kappa shape index (κ2) is 26.5. The molecule has 0 aliphatic carbocycles. The van der Waals surface area contributed by atoms with E-state index in [9.17, 15) is 24.0 Å². The summed E-state index contributed by atoms with van der Waals surface area (Å²) < 4.78 is 40.9. The van der Waals surface area contributed by atoms with Crippen LogP contribution in [-0.2, 0) is 46.2 Å². The van der Waals surface area contributed by atoms with Gasteiger partial charge in [-0.2, -0.15) is 15.2 Å². The number of hydrogen-bond donors (Lipinski definition) is 2. The molecular formula is C53H66N10O12. The minimum atomic E-state index is -1.03. The number of benzene rings is 3. The SMILES string of the molecule is CN(CCN(CCC#N)C(N)=O)c1nc(OC[C@@H]2C[C@@H](OCCOCCOCCOCCOCCOc3ccc4c(c3)C(=O)N(C3CCC(=O)NC3=O)C4=O)CN2C)nc2c1CCN(c1cccc3ccccc13)C2. The van der Waals surface area contributed by atoms with E-state index in [2.05, 4.69) is 64.6 Å². The second-order valence-corrected chi connectivity index (χ2v) is 18.7. The lowest BCUT2D eigenvalue weighted by molar-refractivity contribution is -0.136. The molecule has 0 radical (unpaired) electrons. The molecule has 4 aromatic rings. The average Bonchev–Trinajstić information content (AvgIpc) is 3.90.